The molecule has 6 nitrogen and oxygen atoms in total. The number of fused-ring (bicyclic) bond motifs is 1. The number of carbonyl (C=O) groups is 1. The molecule has 2 rings (SSSR count). The number of aromatic amines is 1. The van der Waals surface area contributed by atoms with Crippen LogP contribution in [0.2, 0.25) is 0 Å². The van der Waals surface area contributed by atoms with E-state index in [2.05, 4.69) is 26.1 Å². The number of nitrogens with one attached hydrogen (secondary N) is 1. The van der Waals surface area contributed by atoms with Crippen LogP contribution in [0.25, 0.3) is 11.0 Å². The molecule has 0 atom stereocenters. The van der Waals surface area contributed by atoms with E-state index >= 15 is 0 Å². The summed E-state index contributed by atoms with van der Waals surface area (Å²) in [7, 11) is 0. The molecule has 0 aliphatic heterocycles. The second-order valence-corrected chi connectivity index (χ2v) is 2.56. The summed E-state index contributed by atoms with van der Waals surface area (Å²) in [6, 6.07) is 1.83. The van der Waals surface area contributed by atoms with E-state index in [1.54, 1.807) is 12.4 Å². The van der Waals surface area contributed by atoms with Crippen LogP contribution in [-0.2, 0) is 4.79 Å². The van der Waals surface area contributed by atoms with Gasteiger partial charge in [-0.25, -0.2) is 0 Å². The first-order valence-electron chi connectivity index (χ1n) is 3.88. The van der Waals surface area contributed by atoms with E-state index in [0.29, 0.717) is 0 Å². The van der Waals surface area contributed by atoms with Crippen LogP contribution < -0.4 is 5.73 Å². The largest absolute Gasteiger partial charge is 0.470 e. The summed E-state index contributed by atoms with van der Waals surface area (Å²) in [5.41, 5.74) is 5.53. The number of alkyl halides is 3. The first-order chi connectivity index (χ1) is 7.41. The van der Waals surface area contributed by atoms with Gasteiger partial charge in [-0.3, -0.25) is 9.89 Å². The van der Waals surface area contributed by atoms with Gasteiger partial charge in [0.2, 0.25) is 0 Å². The second-order valence-electron chi connectivity index (χ2n) is 2.56. The summed E-state index contributed by atoms with van der Waals surface area (Å²) < 4.78 is 32.1. The monoisotopic (exact) mass is 233 g/mol. The first-order valence-corrected chi connectivity index (χ1v) is 3.88. The molecule has 0 spiro atoms. The van der Waals surface area contributed by atoms with Crippen molar-refractivity contribution in [3.05, 3.63) is 18.5 Å². The zero-order valence-corrected chi connectivity index (χ0v) is 7.69. The van der Waals surface area contributed by atoms with E-state index in [-0.39, 0.29) is 0 Å². The maximum absolute atomic E-state index is 10.7. The van der Waals surface area contributed by atoms with Crippen molar-refractivity contribution in [3.63, 3.8) is 0 Å². The van der Waals surface area contributed by atoms with Gasteiger partial charge in [0.05, 0.1) is 17.9 Å². The summed E-state index contributed by atoms with van der Waals surface area (Å²) in [4.78, 5) is 9.12. The van der Waals surface area contributed by atoms with Crippen molar-refractivity contribution in [3.8, 4) is 0 Å². The van der Waals surface area contributed by atoms with Crippen LogP contribution in [0.4, 0.5) is 13.2 Å². The fraction of sp³-hybridized carbons (Fsp3) is 0.143. The van der Waals surface area contributed by atoms with E-state index in [1.807, 2.05) is 6.07 Å². The molecule has 86 valence electrons. The van der Waals surface area contributed by atoms with E-state index < -0.39 is 12.1 Å². The number of primary amides is 1. The number of hydrogen-bond acceptors (Lipinski definition) is 4. The number of halogens is 3. The Morgan fingerprint density at radius 1 is 1.44 bits per heavy atom. The minimum Gasteiger partial charge on any atom is -0.362 e. The lowest BCUT2D eigenvalue weighted by molar-refractivity contribution is -0.169. The zero-order valence-electron chi connectivity index (χ0n) is 7.69. The van der Waals surface area contributed by atoms with Crippen molar-refractivity contribution < 1.29 is 18.0 Å². The van der Waals surface area contributed by atoms with Gasteiger partial charge in [0.15, 0.2) is 0 Å². The van der Waals surface area contributed by atoms with Crippen LogP contribution in [0.5, 0.6) is 0 Å². The zero-order chi connectivity index (χ0) is 12.2. The molecule has 0 aliphatic carbocycles. The van der Waals surface area contributed by atoms with Crippen molar-refractivity contribution in [2.24, 2.45) is 5.73 Å². The number of rotatable bonds is 0. The van der Waals surface area contributed by atoms with Gasteiger partial charge < -0.3 is 5.73 Å². The van der Waals surface area contributed by atoms with E-state index in [4.69, 9.17) is 4.79 Å². The summed E-state index contributed by atoms with van der Waals surface area (Å²) in [6.07, 6.45) is -1.59. The van der Waals surface area contributed by atoms with Gasteiger partial charge in [-0.15, -0.1) is 5.10 Å². The quantitative estimate of drug-likeness (QED) is 0.687. The normalized spacial score (nSPS) is 10.7. The number of hydrogen-bond donors (Lipinski definition) is 2. The molecular weight excluding hydrogens is 227 g/mol. The number of carbonyl (C=O) groups excluding carboxylic acids is 1. The molecule has 0 saturated carbocycles. The molecule has 2 heterocycles. The molecule has 0 radical (unpaired) electrons. The topological polar surface area (TPSA) is 97.6 Å². The van der Waals surface area contributed by atoms with E-state index in [0.717, 1.165) is 11.0 Å². The molecule has 9 heteroatoms. The molecule has 0 bridgehead atoms. The minimum absolute atomic E-state index is 0.803. The Morgan fingerprint density at radius 3 is 2.56 bits per heavy atom. The maximum Gasteiger partial charge on any atom is 0.470 e. The van der Waals surface area contributed by atoms with Crippen molar-refractivity contribution in [2.45, 2.75) is 6.18 Å². The molecule has 0 unspecified atom stereocenters. The fourth-order valence-electron chi connectivity index (χ4n) is 0.696. The summed E-state index contributed by atoms with van der Waals surface area (Å²) in [6.45, 7) is 0. The third kappa shape index (κ3) is 3.19. The van der Waals surface area contributed by atoms with Crippen LogP contribution in [0, 0.1) is 0 Å². The summed E-state index contributed by atoms with van der Waals surface area (Å²) in [5.74, 6) is -2.26. The van der Waals surface area contributed by atoms with Crippen LogP contribution in [0.1, 0.15) is 0 Å². The maximum atomic E-state index is 10.7. The second kappa shape index (κ2) is 4.55. The lowest BCUT2D eigenvalue weighted by atomic mass is 10.4. The molecule has 2 aromatic rings. The Kier molecular flexibility index (Phi) is 3.38. The van der Waals surface area contributed by atoms with Gasteiger partial charge in [-0.05, 0) is 6.07 Å². The van der Waals surface area contributed by atoms with Gasteiger partial charge in [0.25, 0.3) is 0 Å². The SMILES string of the molecule is NC(=O)C(F)(F)F.c1cc2[nH]ncc2nn1. The number of H-pyrrole nitrogens is 1. The van der Waals surface area contributed by atoms with Crippen molar-refractivity contribution >= 4 is 16.9 Å². The smallest absolute Gasteiger partial charge is 0.362 e. The van der Waals surface area contributed by atoms with Gasteiger partial charge in [-0.1, -0.05) is 0 Å². The van der Waals surface area contributed by atoms with Crippen LogP contribution in [0.15, 0.2) is 18.5 Å². The highest BCUT2D eigenvalue weighted by Gasteiger charge is 2.35. The van der Waals surface area contributed by atoms with Crippen molar-refractivity contribution in [1.82, 2.24) is 20.4 Å². The Bertz CT molecular complexity index is 450. The van der Waals surface area contributed by atoms with Gasteiger partial charge in [0.1, 0.15) is 5.52 Å². The number of aromatic nitrogens is 4. The van der Waals surface area contributed by atoms with Crippen molar-refractivity contribution in [1.29, 1.82) is 0 Å². The highest BCUT2D eigenvalue weighted by molar-refractivity contribution is 5.79. The molecule has 3 N–H and O–H groups in total. The van der Waals surface area contributed by atoms with Gasteiger partial charge in [-0.2, -0.15) is 23.4 Å². The van der Waals surface area contributed by atoms with Crippen LogP contribution >= 0.6 is 0 Å². The molecule has 0 saturated heterocycles. The Labute approximate surface area is 86.7 Å². The number of nitrogens with zero attached hydrogens (tertiary/aromatic N) is 3. The average molecular weight is 233 g/mol. The molecular formula is C7H6F3N5O. The lowest BCUT2D eigenvalue weighted by Gasteiger charge is -1.95. The molecule has 0 fully saturated rings. The fourth-order valence-corrected chi connectivity index (χ4v) is 0.696. The van der Waals surface area contributed by atoms with Crippen molar-refractivity contribution in [2.75, 3.05) is 0 Å². The summed E-state index contributed by atoms with van der Waals surface area (Å²) in [5, 5.41) is 14.0. The minimum atomic E-state index is -4.86. The lowest BCUT2D eigenvalue weighted by Crippen LogP contribution is -2.30. The highest BCUT2D eigenvalue weighted by Crippen LogP contribution is 2.11. The molecule has 16 heavy (non-hydrogen) atoms. The Hall–Kier alpha value is -2.19. The number of amides is 1. The first kappa shape index (κ1) is 11.9. The Balaban J connectivity index is 0.000000168. The van der Waals surface area contributed by atoms with E-state index in [1.165, 1.54) is 0 Å². The molecule has 1 amide bonds. The van der Waals surface area contributed by atoms with Gasteiger partial charge in [0, 0.05) is 0 Å². The highest BCUT2D eigenvalue weighted by atomic mass is 19.4. The van der Waals surface area contributed by atoms with Crippen LogP contribution in [0.3, 0.4) is 0 Å². The van der Waals surface area contributed by atoms with Gasteiger partial charge >= 0.3 is 12.1 Å². The predicted octanol–water partition coefficient (Wildman–Crippen LogP) is 0.387. The standard InChI is InChI=1S/C5H4N4.C2H2F3NO/c1-2-6-9-5-3-7-8-4(1)5;3-2(4,5)1(6)7/h1-3H,(H,7,8);(H2,6,7). The van der Waals surface area contributed by atoms with Crippen LogP contribution in [-0.4, -0.2) is 32.5 Å². The average Bonchev–Trinajstić information content (AvgIpc) is 2.64. The molecule has 0 aromatic carbocycles. The van der Waals surface area contributed by atoms with E-state index in [9.17, 15) is 13.2 Å². The Morgan fingerprint density at radius 2 is 2.06 bits per heavy atom. The third-order valence-electron chi connectivity index (χ3n) is 1.40. The predicted molar refractivity (Wildman–Crippen MR) is 46.9 cm³/mol. The molecule has 2 aromatic heterocycles. The number of nitrogens with two attached hydrogens (primary N) is 1. The molecule has 0 aliphatic rings. The summed E-state index contributed by atoms with van der Waals surface area (Å²) >= 11 is 0. The third-order valence-corrected chi connectivity index (χ3v) is 1.40.